The highest BCUT2D eigenvalue weighted by molar-refractivity contribution is 7.09. The maximum Gasteiger partial charge on any atom is 0.271 e. The molecule has 1 aliphatic rings. The highest BCUT2D eigenvalue weighted by atomic mass is 32.1. The molecule has 1 fully saturated rings. The van der Waals surface area contributed by atoms with Gasteiger partial charge >= 0.3 is 0 Å². The van der Waals surface area contributed by atoms with Crippen molar-refractivity contribution in [2.45, 2.75) is 96.7 Å². The number of unbranched alkanes of at least 4 members (excludes halogenated alkanes) is 2. The average Bonchev–Trinajstić information content (AvgIpc) is 3.43. The highest BCUT2D eigenvalue weighted by Crippen LogP contribution is 2.22. The summed E-state index contributed by atoms with van der Waals surface area (Å²) in [7, 11) is 0. The van der Waals surface area contributed by atoms with Crippen LogP contribution in [0.25, 0.3) is 0 Å². The van der Waals surface area contributed by atoms with Crippen LogP contribution in [-0.4, -0.2) is 28.9 Å². The van der Waals surface area contributed by atoms with Crippen LogP contribution in [0.5, 0.6) is 5.75 Å². The lowest BCUT2D eigenvalue weighted by Crippen LogP contribution is -2.53. The minimum atomic E-state index is -0.207. The Morgan fingerprint density at radius 2 is 1.62 bits per heavy atom. The first-order valence-corrected chi connectivity index (χ1v) is 15.2. The lowest BCUT2D eigenvalue weighted by Gasteiger charge is -2.32. The topological polar surface area (TPSA) is 80.3 Å². The number of rotatable bonds is 12. The Hall–Kier alpha value is -3.19. The zero-order valence-corrected chi connectivity index (χ0v) is 24.2. The summed E-state index contributed by atoms with van der Waals surface area (Å²) in [4.78, 5) is 30.5. The molecule has 0 aliphatic heterocycles. The second kappa shape index (κ2) is 14.3. The summed E-state index contributed by atoms with van der Waals surface area (Å²) >= 11 is 1.42. The van der Waals surface area contributed by atoms with Gasteiger partial charge in [-0.1, -0.05) is 70.7 Å². The van der Waals surface area contributed by atoms with Crippen molar-refractivity contribution < 1.29 is 14.3 Å². The van der Waals surface area contributed by atoms with E-state index in [4.69, 9.17) is 4.74 Å². The number of carbonyl (C=O) groups is 2. The first-order chi connectivity index (χ1) is 18.9. The van der Waals surface area contributed by atoms with Crippen LogP contribution in [0, 0.1) is 0 Å². The molecular weight excluding hydrogens is 506 g/mol. The van der Waals surface area contributed by atoms with Gasteiger partial charge in [0, 0.05) is 23.0 Å². The standard InChI is InChI=1S/C32H41N3O3S/c1-4-5-6-9-23-12-14-25(15-13-23)31(36)34-27-10-7-8-11-28(27)35-32(37)29-21-39-30(33-29)20-38-26-18-16-24(17-19-26)22(2)3/h12-19,21-22,27-28H,4-11,20H2,1-3H3,(H,34,36)(H,35,37). The number of hydrogen-bond donors (Lipinski definition) is 2. The van der Waals surface area contributed by atoms with Gasteiger partial charge in [0.05, 0.1) is 0 Å². The van der Waals surface area contributed by atoms with E-state index in [0.717, 1.165) is 42.9 Å². The van der Waals surface area contributed by atoms with Crippen molar-refractivity contribution >= 4 is 23.2 Å². The predicted molar refractivity (Wildman–Crippen MR) is 158 cm³/mol. The molecule has 1 aliphatic carbocycles. The molecular formula is C32H41N3O3S. The zero-order chi connectivity index (χ0) is 27.6. The van der Waals surface area contributed by atoms with Crippen LogP contribution in [0.3, 0.4) is 0 Å². The van der Waals surface area contributed by atoms with Gasteiger partial charge in [-0.05, 0) is 67.0 Å². The maximum atomic E-state index is 13.0. The first kappa shape index (κ1) is 28.8. The Balaban J connectivity index is 1.29. The number of ether oxygens (including phenoxy) is 1. The molecule has 0 saturated heterocycles. The molecule has 2 N–H and O–H groups in total. The number of aromatic nitrogens is 1. The van der Waals surface area contributed by atoms with E-state index in [-0.39, 0.29) is 23.9 Å². The van der Waals surface area contributed by atoms with Crippen molar-refractivity contribution in [2.75, 3.05) is 0 Å². The number of nitrogens with zero attached hydrogens (tertiary/aromatic N) is 1. The molecule has 4 rings (SSSR count). The lowest BCUT2D eigenvalue weighted by atomic mass is 9.90. The number of amides is 2. The van der Waals surface area contributed by atoms with Gasteiger partial charge in [-0.2, -0.15) is 0 Å². The Bertz CT molecular complexity index is 1200. The van der Waals surface area contributed by atoms with Crippen molar-refractivity contribution in [1.82, 2.24) is 15.6 Å². The van der Waals surface area contributed by atoms with Crippen molar-refractivity contribution in [2.24, 2.45) is 0 Å². The number of benzene rings is 2. The van der Waals surface area contributed by atoms with Crippen molar-refractivity contribution in [1.29, 1.82) is 0 Å². The van der Waals surface area contributed by atoms with Crippen molar-refractivity contribution in [3.8, 4) is 5.75 Å². The summed E-state index contributed by atoms with van der Waals surface area (Å²) < 4.78 is 5.87. The molecule has 0 spiro atoms. The largest absolute Gasteiger partial charge is 0.486 e. The fourth-order valence-electron chi connectivity index (χ4n) is 4.95. The van der Waals surface area contributed by atoms with Crippen LogP contribution in [-0.2, 0) is 13.0 Å². The zero-order valence-electron chi connectivity index (χ0n) is 23.4. The van der Waals surface area contributed by atoms with Gasteiger partial charge in [-0.15, -0.1) is 11.3 Å². The van der Waals surface area contributed by atoms with E-state index in [1.807, 2.05) is 24.3 Å². The van der Waals surface area contributed by atoms with E-state index in [1.165, 1.54) is 41.7 Å². The fraction of sp³-hybridized carbons (Fsp3) is 0.469. The summed E-state index contributed by atoms with van der Waals surface area (Å²) in [6, 6.07) is 15.8. The third-order valence-electron chi connectivity index (χ3n) is 7.38. The van der Waals surface area contributed by atoms with Gasteiger partial charge < -0.3 is 15.4 Å². The number of nitrogens with one attached hydrogen (secondary N) is 2. The molecule has 2 amide bonds. The van der Waals surface area contributed by atoms with E-state index >= 15 is 0 Å². The number of carbonyl (C=O) groups excluding carboxylic acids is 2. The van der Waals surface area contributed by atoms with Gasteiger partial charge in [0.2, 0.25) is 0 Å². The van der Waals surface area contributed by atoms with Gasteiger partial charge in [-0.25, -0.2) is 4.98 Å². The summed E-state index contributed by atoms with van der Waals surface area (Å²) in [5, 5.41) is 8.83. The summed E-state index contributed by atoms with van der Waals surface area (Å²) in [6.45, 7) is 6.84. The van der Waals surface area contributed by atoms with Crippen molar-refractivity contribution in [3.05, 3.63) is 81.3 Å². The Morgan fingerprint density at radius 1 is 0.949 bits per heavy atom. The van der Waals surface area contributed by atoms with E-state index in [0.29, 0.717) is 23.8 Å². The van der Waals surface area contributed by atoms with Crippen molar-refractivity contribution in [3.63, 3.8) is 0 Å². The highest BCUT2D eigenvalue weighted by Gasteiger charge is 2.29. The molecule has 208 valence electrons. The molecule has 1 aromatic heterocycles. The van der Waals surface area contributed by atoms with Gasteiger partial charge in [-0.3, -0.25) is 9.59 Å². The SMILES string of the molecule is CCCCCc1ccc(C(=O)NC2CCCCC2NC(=O)c2csc(COc3ccc(C(C)C)cc3)n2)cc1. The second-order valence-electron chi connectivity index (χ2n) is 10.7. The van der Waals surface area contributed by atoms with Crippen LogP contribution in [0.4, 0.5) is 0 Å². The molecule has 0 radical (unpaired) electrons. The minimum Gasteiger partial charge on any atom is -0.486 e. The Kier molecular flexibility index (Phi) is 10.5. The van der Waals surface area contributed by atoms with Crippen LogP contribution in [0.1, 0.15) is 109 Å². The smallest absolute Gasteiger partial charge is 0.271 e. The Morgan fingerprint density at radius 3 is 2.26 bits per heavy atom. The van der Waals surface area contributed by atoms with Crippen LogP contribution in [0.2, 0.25) is 0 Å². The third-order valence-corrected chi connectivity index (χ3v) is 8.20. The second-order valence-corrected chi connectivity index (χ2v) is 11.7. The summed E-state index contributed by atoms with van der Waals surface area (Å²) in [5.74, 6) is 0.965. The van der Waals surface area contributed by atoms with Gasteiger partial charge in [0.1, 0.15) is 23.1 Å². The molecule has 2 aromatic carbocycles. The monoisotopic (exact) mass is 547 g/mol. The molecule has 3 aromatic rings. The molecule has 6 nitrogen and oxygen atoms in total. The van der Waals surface area contributed by atoms with Gasteiger partial charge in [0.15, 0.2) is 0 Å². The quantitative estimate of drug-likeness (QED) is 0.238. The van der Waals surface area contributed by atoms with Crippen LogP contribution >= 0.6 is 11.3 Å². The average molecular weight is 548 g/mol. The maximum absolute atomic E-state index is 13.0. The minimum absolute atomic E-state index is 0.0872. The normalized spacial score (nSPS) is 17.1. The summed E-state index contributed by atoms with van der Waals surface area (Å²) in [6.07, 6.45) is 8.37. The third kappa shape index (κ3) is 8.40. The van der Waals surface area contributed by atoms with E-state index in [1.54, 1.807) is 5.38 Å². The molecule has 7 heteroatoms. The molecule has 2 atom stereocenters. The summed E-state index contributed by atoms with van der Waals surface area (Å²) in [5.41, 5.74) is 3.58. The number of hydrogen-bond acceptors (Lipinski definition) is 5. The molecule has 39 heavy (non-hydrogen) atoms. The number of thiazole rings is 1. The Labute approximate surface area is 236 Å². The molecule has 1 heterocycles. The van der Waals surface area contributed by atoms with Crippen LogP contribution < -0.4 is 15.4 Å². The van der Waals surface area contributed by atoms with E-state index < -0.39 is 0 Å². The number of aryl methyl sites for hydroxylation is 1. The molecule has 0 bridgehead atoms. The first-order valence-electron chi connectivity index (χ1n) is 14.3. The molecule has 1 saturated carbocycles. The predicted octanol–water partition coefficient (Wildman–Crippen LogP) is 7.05. The van der Waals surface area contributed by atoms with Crippen LogP contribution in [0.15, 0.2) is 53.9 Å². The van der Waals surface area contributed by atoms with E-state index in [9.17, 15) is 9.59 Å². The lowest BCUT2D eigenvalue weighted by molar-refractivity contribution is 0.0860. The van der Waals surface area contributed by atoms with E-state index in [2.05, 4.69) is 60.7 Å². The fourth-order valence-corrected chi connectivity index (χ4v) is 5.63. The van der Waals surface area contributed by atoms with Gasteiger partial charge in [0.25, 0.3) is 11.8 Å². The molecule has 2 unspecified atom stereocenters.